The van der Waals surface area contributed by atoms with Crippen molar-refractivity contribution in [1.29, 1.82) is 0 Å². The summed E-state index contributed by atoms with van der Waals surface area (Å²) in [4.78, 5) is 26.6. The molecule has 8 nitrogen and oxygen atoms in total. The number of hydrogen-bond donors (Lipinski definition) is 0. The van der Waals surface area contributed by atoms with Crippen molar-refractivity contribution in [2.45, 2.75) is 50.9 Å². The molecular weight excluding hydrogens is 390 g/mol. The molecule has 9 heteroatoms. The Balaban J connectivity index is 1.64. The van der Waals surface area contributed by atoms with Crippen molar-refractivity contribution in [3.8, 4) is 5.69 Å². The van der Waals surface area contributed by atoms with Crippen molar-refractivity contribution in [2.24, 2.45) is 5.92 Å². The number of aromatic nitrogens is 4. The molecule has 1 amide bonds. The molecule has 0 N–H and O–H groups in total. The van der Waals surface area contributed by atoms with Gasteiger partial charge in [0.15, 0.2) is 0 Å². The molecule has 2 heterocycles. The number of likely N-dealkylation sites (tertiary alicyclic amines) is 1. The number of rotatable bonds is 6. The molecule has 1 aliphatic heterocycles. The van der Waals surface area contributed by atoms with Crippen LogP contribution in [0.5, 0.6) is 0 Å². The molecular formula is C20H27N5O3S. The number of hydrogen-bond acceptors (Lipinski definition) is 7. The maximum atomic E-state index is 12.9. The number of aryl methyl sites for hydroxylation is 1. The second-order valence-corrected chi connectivity index (χ2v) is 8.51. The Hall–Kier alpha value is -2.42. The summed E-state index contributed by atoms with van der Waals surface area (Å²) < 4.78 is 6.78. The van der Waals surface area contributed by atoms with Gasteiger partial charge >= 0.3 is 5.97 Å². The molecule has 0 aliphatic carbocycles. The van der Waals surface area contributed by atoms with Crippen LogP contribution < -0.4 is 0 Å². The van der Waals surface area contributed by atoms with Gasteiger partial charge in [-0.1, -0.05) is 23.9 Å². The third-order valence-electron chi connectivity index (χ3n) is 5.30. The SMILES string of the molecule is CCOC(=O)C1CCN(C(=O)[C@@H](C)Sc2nnnn2-c2cccc(C)c2C)CC1. The molecule has 0 bridgehead atoms. The fraction of sp³-hybridized carbons (Fsp3) is 0.550. The topological polar surface area (TPSA) is 90.2 Å². The van der Waals surface area contributed by atoms with Crippen LogP contribution in [0.1, 0.15) is 37.8 Å². The predicted molar refractivity (Wildman–Crippen MR) is 110 cm³/mol. The van der Waals surface area contributed by atoms with Gasteiger partial charge in [-0.15, -0.1) is 5.10 Å². The summed E-state index contributed by atoms with van der Waals surface area (Å²) in [5, 5.41) is 12.3. The van der Waals surface area contributed by atoms with E-state index in [1.807, 2.05) is 43.9 Å². The van der Waals surface area contributed by atoms with E-state index in [0.29, 0.717) is 37.7 Å². The lowest BCUT2D eigenvalue weighted by atomic mass is 9.97. The van der Waals surface area contributed by atoms with Crippen LogP contribution in [0.3, 0.4) is 0 Å². The van der Waals surface area contributed by atoms with Gasteiger partial charge in [0.1, 0.15) is 0 Å². The number of nitrogens with zero attached hydrogens (tertiary/aromatic N) is 5. The highest BCUT2D eigenvalue weighted by Gasteiger charge is 2.31. The highest BCUT2D eigenvalue weighted by atomic mass is 32.2. The molecule has 0 spiro atoms. The second-order valence-electron chi connectivity index (χ2n) is 7.20. The van der Waals surface area contributed by atoms with E-state index in [2.05, 4.69) is 15.5 Å². The van der Waals surface area contributed by atoms with Crippen LogP contribution in [0.2, 0.25) is 0 Å². The smallest absolute Gasteiger partial charge is 0.309 e. The van der Waals surface area contributed by atoms with Gasteiger partial charge in [-0.05, 0) is 68.2 Å². The van der Waals surface area contributed by atoms with Crippen LogP contribution in [-0.2, 0) is 14.3 Å². The van der Waals surface area contributed by atoms with Crippen molar-refractivity contribution >= 4 is 23.6 Å². The molecule has 29 heavy (non-hydrogen) atoms. The molecule has 156 valence electrons. The molecule has 1 aliphatic rings. The number of piperidine rings is 1. The molecule has 1 aromatic carbocycles. The van der Waals surface area contributed by atoms with E-state index >= 15 is 0 Å². The Labute approximate surface area is 175 Å². The van der Waals surface area contributed by atoms with Gasteiger partial charge in [0.2, 0.25) is 11.1 Å². The summed E-state index contributed by atoms with van der Waals surface area (Å²) in [6.45, 7) is 9.27. The van der Waals surface area contributed by atoms with E-state index in [-0.39, 0.29) is 23.0 Å². The second kappa shape index (κ2) is 9.39. The fourth-order valence-corrected chi connectivity index (χ4v) is 4.31. The zero-order valence-electron chi connectivity index (χ0n) is 17.3. The quantitative estimate of drug-likeness (QED) is 0.527. The zero-order chi connectivity index (χ0) is 21.0. The summed E-state index contributed by atoms with van der Waals surface area (Å²) in [6, 6.07) is 5.98. The Morgan fingerprint density at radius 3 is 2.69 bits per heavy atom. The standard InChI is InChI=1S/C20H27N5O3S/c1-5-28-19(27)16-9-11-24(12-10-16)18(26)15(4)29-20-21-22-23-25(20)17-8-6-7-13(2)14(17)3/h6-8,15-16H,5,9-12H2,1-4H3/t15-/m1/s1. The molecule has 2 aromatic rings. The molecule has 0 unspecified atom stereocenters. The maximum absolute atomic E-state index is 12.9. The van der Waals surface area contributed by atoms with Gasteiger partial charge in [0.05, 0.1) is 23.5 Å². The van der Waals surface area contributed by atoms with E-state index in [1.54, 1.807) is 11.6 Å². The largest absolute Gasteiger partial charge is 0.466 e. The minimum absolute atomic E-state index is 0.0350. The van der Waals surface area contributed by atoms with Crippen LogP contribution in [0, 0.1) is 19.8 Å². The first-order valence-electron chi connectivity index (χ1n) is 9.89. The summed E-state index contributed by atoms with van der Waals surface area (Å²) in [5.41, 5.74) is 3.16. The average molecular weight is 418 g/mol. The van der Waals surface area contributed by atoms with Crippen molar-refractivity contribution in [1.82, 2.24) is 25.1 Å². The van der Waals surface area contributed by atoms with Crippen LogP contribution in [-0.4, -0.2) is 61.9 Å². The third-order valence-corrected chi connectivity index (χ3v) is 6.32. The summed E-state index contributed by atoms with van der Waals surface area (Å²) >= 11 is 1.35. The maximum Gasteiger partial charge on any atom is 0.309 e. The molecule has 1 saturated heterocycles. The van der Waals surface area contributed by atoms with Crippen molar-refractivity contribution < 1.29 is 14.3 Å². The fourth-order valence-electron chi connectivity index (χ4n) is 3.43. The Kier molecular flexibility index (Phi) is 6.89. The first-order chi connectivity index (χ1) is 13.9. The molecule has 0 radical (unpaired) electrons. The Bertz CT molecular complexity index is 877. The Morgan fingerprint density at radius 1 is 1.28 bits per heavy atom. The van der Waals surface area contributed by atoms with Gasteiger partial charge in [-0.3, -0.25) is 9.59 Å². The number of ether oxygens (including phenoxy) is 1. The summed E-state index contributed by atoms with van der Waals surface area (Å²) in [5.74, 6) is -0.235. The highest BCUT2D eigenvalue weighted by molar-refractivity contribution is 8.00. The number of amides is 1. The van der Waals surface area contributed by atoms with Crippen molar-refractivity contribution in [3.63, 3.8) is 0 Å². The van der Waals surface area contributed by atoms with E-state index in [1.165, 1.54) is 11.8 Å². The monoisotopic (exact) mass is 417 g/mol. The van der Waals surface area contributed by atoms with Crippen LogP contribution in [0.15, 0.2) is 23.4 Å². The first-order valence-corrected chi connectivity index (χ1v) is 10.8. The van der Waals surface area contributed by atoms with Crippen LogP contribution >= 0.6 is 11.8 Å². The third kappa shape index (κ3) is 4.77. The van der Waals surface area contributed by atoms with Gasteiger partial charge in [0.25, 0.3) is 0 Å². The molecule has 3 rings (SSSR count). The molecule has 1 fully saturated rings. The number of esters is 1. The van der Waals surface area contributed by atoms with Gasteiger partial charge in [-0.2, -0.15) is 4.68 Å². The number of tetrazole rings is 1. The highest BCUT2D eigenvalue weighted by Crippen LogP contribution is 2.27. The van der Waals surface area contributed by atoms with E-state index in [0.717, 1.165) is 16.8 Å². The number of carbonyl (C=O) groups excluding carboxylic acids is 2. The van der Waals surface area contributed by atoms with Crippen molar-refractivity contribution in [2.75, 3.05) is 19.7 Å². The van der Waals surface area contributed by atoms with E-state index < -0.39 is 0 Å². The first kappa shape index (κ1) is 21.3. The van der Waals surface area contributed by atoms with Gasteiger partial charge in [0, 0.05) is 13.1 Å². The lowest BCUT2D eigenvalue weighted by molar-refractivity contribution is -0.151. The normalized spacial score (nSPS) is 15.9. The molecule has 0 saturated carbocycles. The summed E-state index contributed by atoms with van der Waals surface area (Å²) in [6.07, 6.45) is 1.28. The van der Waals surface area contributed by atoms with Crippen molar-refractivity contribution in [3.05, 3.63) is 29.3 Å². The number of carbonyl (C=O) groups is 2. The average Bonchev–Trinajstić information content (AvgIpc) is 3.17. The lowest BCUT2D eigenvalue weighted by Crippen LogP contribution is -2.43. The lowest BCUT2D eigenvalue weighted by Gasteiger charge is -2.32. The predicted octanol–water partition coefficient (Wildman–Crippen LogP) is 2.56. The number of thioether (sulfide) groups is 1. The number of benzene rings is 1. The van der Waals surface area contributed by atoms with Gasteiger partial charge in [-0.25, -0.2) is 0 Å². The van der Waals surface area contributed by atoms with E-state index in [4.69, 9.17) is 4.74 Å². The zero-order valence-corrected chi connectivity index (χ0v) is 18.1. The molecule has 1 aromatic heterocycles. The van der Waals surface area contributed by atoms with E-state index in [9.17, 15) is 9.59 Å². The Morgan fingerprint density at radius 2 is 2.00 bits per heavy atom. The van der Waals surface area contributed by atoms with Crippen LogP contribution in [0.4, 0.5) is 0 Å². The van der Waals surface area contributed by atoms with Crippen LogP contribution in [0.25, 0.3) is 5.69 Å². The molecule has 1 atom stereocenters. The minimum atomic E-state index is -0.330. The van der Waals surface area contributed by atoms with Gasteiger partial charge < -0.3 is 9.64 Å². The minimum Gasteiger partial charge on any atom is -0.466 e. The summed E-state index contributed by atoms with van der Waals surface area (Å²) in [7, 11) is 0.